The first kappa shape index (κ1) is 12.9. The number of carbonyl (C=O) groups excluding carboxylic acids is 3. The summed E-state index contributed by atoms with van der Waals surface area (Å²) in [5.41, 5.74) is -3.18. The summed E-state index contributed by atoms with van der Waals surface area (Å²) in [6, 6.07) is 0. The van der Waals surface area contributed by atoms with Crippen molar-refractivity contribution < 1.29 is 23.2 Å². The summed E-state index contributed by atoms with van der Waals surface area (Å²) in [7, 11) is 0. The minimum atomic E-state index is -2.65. The van der Waals surface area contributed by atoms with Crippen LogP contribution in [0, 0.1) is 0 Å². The maximum absolute atomic E-state index is 14.2. The second-order valence-electron chi connectivity index (χ2n) is 4.50. The van der Waals surface area contributed by atoms with Gasteiger partial charge in [0.1, 0.15) is 6.17 Å². The summed E-state index contributed by atoms with van der Waals surface area (Å²) in [5, 5.41) is 0. The summed E-state index contributed by atoms with van der Waals surface area (Å²) in [6.45, 7) is 1.67. The largest absolute Gasteiger partial charge is 0.290 e. The lowest BCUT2D eigenvalue weighted by molar-refractivity contribution is -0.138. The van der Waals surface area contributed by atoms with Gasteiger partial charge in [-0.1, -0.05) is 0 Å². The zero-order chi connectivity index (χ0) is 13.5. The van der Waals surface area contributed by atoms with Gasteiger partial charge in [-0.05, 0) is 26.2 Å². The molecule has 1 fully saturated rings. The van der Waals surface area contributed by atoms with Crippen molar-refractivity contribution in [3.8, 4) is 0 Å². The SMILES string of the molecule is CCN1C(=O)C=C(C(=O)C2(F)CCCC2F)C1=O. The third-order valence-electron chi connectivity index (χ3n) is 3.44. The van der Waals surface area contributed by atoms with Crippen LogP contribution < -0.4 is 0 Å². The van der Waals surface area contributed by atoms with E-state index < -0.39 is 35.0 Å². The fourth-order valence-corrected chi connectivity index (χ4v) is 2.37. The Labute approximate surface area is 103 Å². The van der Waals surface area contributed by atoms with Crippen LogP contribution in [-0.4, -0.2) is 40.9 Å². The number of likely N-dealkylation sites (N-methyl/N-ethyl adjacent to an activating group) is 1. The van der Waals surface area contributed by atoms with Crippen LogP contribution in [0.15, 0.2) is 11.6 Å². The molecule has 2 amide bonds. The van der Waals surface area contributed by atoms with E-state index in [-0.39, 0.29) is 25.8 Å². The van der Waals surface area contributed by atoms with Gasteiger partial charge >= 0.3 is 0 Å². The standard InChI is InChI=1S/C12H13F2NO3/c1-2-15-9(16)6-7(11(15)18)10(17)12(14)5-3-4-8(12)13/h6,8H,2-5H2,1H3. The van der Waals surface area contributed by atoms with Crippen LogP contribution in [0.1, 0.15) is 26.2 Å². The molecule has 4 nitrogen and oxygen atoms in total. The molecule has 2 atom stereocenters. The number of Topliss-reactive ketones (excluding diaryl/α,β-unsaturated/α-hetero) is 1. The average Bonchev–Trinajstić information content (AvgIpc) is 2.81. The number of alkyl halides is 2. The van der Waals surface area contributed by atoms with Crippen molar-refractivity contribution >= 4 is 17.6 Å². The highest BCUT2D eigenvalue weighted by molar-refractivity contribution is 6.31. The number of hydrogen-bond donors (Lipinski definition) is 0. The summed E-state index contributed by atoms with van der Waals surface area (Å²) >= 11 is 0. The van der Waals surface area contributed by atoms with Crippen LogP contribution in [0.4, 0.5) is 8.78 Å². The molecule has 1 aliphatic carbocycles. The lowest BCUT2D eigenvalue weighted by Crippen LogP contribution is -2.42. The number of halogens is 2. The van der Waals surface area contributed by atoms with Crippen molar-refractivity contribution in [1.82, 2.24) is 4.90 Å². The summed E-state index contributed by atoms with van der Waals surface area (Å²) < 4.78 is 27.7. The van der Waals surface area contributed by atoms with Crippen LogP contribution in [0.5, 0.6) is 0 Å². The molecule has 18 heavy (non-hydrogen) atoms. The first-order valence-electron chi connectivity index (χ1n) is 5.87. The average molecular weight is 257 g/mol. The van der Waals surface area contributed by atoms with Crippen LogP contribution in [0.2, 0.25) is 0 Å². The molecule has 0 radical (unpaired) electrons. The van der Waals surface area contributed by atoms with E-state index in [0.717, 1.165) is 11.0 Å². The van der Waals surface area contributed by atoms with Gasteiger partial charge in [-0.25, -0.2) is 8.78 Å². The number of rotatable bonds is 3. The van der Waals surface area contributed by atoms with Crippen LogP contribution >= 0.6 is 0 Å². The van der Waals surface area contributed by atoms with Gasteiger partial charge < -0.3 is 0 Å². The molecule has 0 N–H and O–H groups in total. The number of ketones is 1. The van der Waals surface area contributed by atoms with E-state index in [1.807, 2.05) is 0 Å². The summed E-state index contributed by atoms with van der Waals surface area (Å²) in [5.74, 6) is -2.67. The molecule has 0 saturated heterocycles. The quantitative estimate of drug-likeness (QED) is 0.562. The molecular formula is C12H13F2NO3. The Morgan fingerprint density at radius 3 is 2.67 bits per heavy atom. The predicted octanol–water partition coefficient (Wildman–Crippen LogP) is 1.10. The lowest BCUT2D eigenvalue weighted by atomic mass is 9.92. The van der Waals surface area contributed by atoms with Gasteiger partial charge in [-0.2, -0.15) is 0 Å². The summed E-state index contributed by atoms with van der Waals surface area (Å²) in [4.78, 5) is 35.9. The Hall–Kier alpha value is -1.59. The first-order chi connectivity index (χ1) is 8.41. The van der Waals surface area contributed by atoms with Gasteiger partial charge in [0, 0.05) is 12.6 Å². The molecule has 2 rings (SSSR count). The van der Waals surface area contributed by atoms with E-state index in [1.54, 1.807) is 6.92 Å². The highest BCUT2D eigenvalue weighted by atomic mass is 19.2. The molecule has 2 unspecified atom stereocenters. The maximum atomic E-state index is 14.2. The van der Waals surface area contributed by atoms with Crippen molar-refractivity contribution in [2.24, 2.45) is 0 Å². The Kier molecular flexibility index (Phi) is 3.04. The minimum absolute atomic E-state index is 0.0326. The Balaban J connectivity index is 2.28. The molecular weight excluding hydrogens is 244 g/mol. The number of carbonyl (C=O) groups is 3. The second kappa shape index (κ2) is 4.26. The lowest BCUT2D eigenvalue weighted by Gasteiger charge is -2.20. The Morgan fingerprint density at radius 1 is 1.56 bits per heavy atom. The maximum Gasteiger partial charge on any atom is 0.264 e. The zero-order valence-electron chi connectivity index (χ0n) is 9.91. The van der Waals surface area contributed by atoms with Gasteiger partial charge in [0.2, 0.25) is 11.5 Å². The normalized spacial score (nSPS) is 32.1. The molecule has 0 aromatic heterocycles. The smallest absolute Gasteiger partial charge is 0.264 e. The van der Waals surface area contributed by atoms with Crippen molar-refractivity contribution in [3.63, 3.8) is 0 Å². The van der Waals surface area contributed by atoms with E-state index in [4.69, 9.17) is 0 Å². The highest BCUT2D eigenvalue weighted by Gasteiger charge is 2.53. The van der Waals surface area contributed by atoms with Crippen LogP contribution in [-0.2, 0) is 14.4 Å². The second-order valence-corrected chi connectivity index (χ2v) is 4.50. The van der Waals surface area contributed by atoms with Gasteiger partial charge in [0.05, 0.1) is 5.57 Å². The Bertz CT molecular complexity index is 460. The van der Waals surface area contributed by atoms with Crippen molar-refractivity contribution in [2.75, 3.05) is 6.54 Å². The molecule has 2 aliphatic rings. The molecule has 1 saturated carbocycles. The van der Waals surface area contributed by atoms with Gasteiger partial charge in [0.25, 0.3) is 11.8 Å². The van der Waals surface area contributed by atoms with Crippen molar-refractivity contribution in [3.05, 3.63) is 11.6 Å². The first-order valence-corrected chi connectivity index (χ1v) is 5.87. The fraction of sp³-hybridized carbons (Fsp3) is 0.583. The van der Waals surface area contributed by atoms with Crippen LogP contribution in [0.3, 0.4) is 0 Å². The number of hydrogen-bond acceptors (Lipinski definition) is 3. The molecule has 1 heterocycles. The van der Waals surface area contributed by atoms with Crippen molar-refractivity contribution in [2.45, 2.75) is 38.0 Å². The van der Waals surface area contributed by atoms with Gasteiger partial charge in [-0.3, -0.25) is 19.3 Å². The molecule has 6 heteroatoms. The zero-order valence-corrected chi connectivity index (χ0v) is 9.91. The van der Waals surface area contributed by atoms with E-state index >= 15 is 0 Å². The number of amides is 2. The van der Waals surface area contributed by atoms with Gasteiger partial charge in [-0.15, -0.1) is 0 Å². The topological polar surface area (TPSA) is 54.5 Å². The summed E-state index contributed by atoms with van der Waals surface area (Å²) in [6.07, 6.45) is -1.10. The third-order valence-corrected chi connectivity index (χ3v) is 3.44. The number of nitrogens with zero attached hydrogens (tertiary/aromatic N) is 1. The molecule has 0 spiro atoms. The van der Waals surface area contributed by atoms with E-state index in [9.17, 15) is 23.2 Å². The third kappa shape index (κ3) is 1.67. The van der Waals surface area contributed by atoms with E-state index in [0.29, 0.717) is 0 Å². The number of imide groups is 1. The molecule has 1 aliphatic heterocycles. The van der Waals surface area contributed by atoms with E-state index in [1.165, 1.54) is 0 Å². The van der Waals surface area contributed by atoms with Crippen LogP contribution in [0.25, 0.3) is 0 Å². The monoisotopic (exact) mass is 257 g/mol. The molecule has 0 bridgehead atoms. The Morgan fingerprint density at radius 2 is 2.22 bits per heavy atom. The molecule has 0 aromatic rings. The molecule has 0 aromatic carbocycles. The fourth-order valence-electron chi connectivity index (χ4n) is 2.37. The highest BCUT2D eigenvalue weighted by Crippen LogP contribution is 2.39. The van der Waals surface area contributed by atoms with E-state index in [2.05, 4.69) is 0 Å². The van der Waals surface area contributed by atoms with Gasteiger partial charge in [0.15, 0.2) is 0 Å². The predicted molar refractivity (Wildman–Crippen MR) is 58.1 cm³/mol. The minimum Gasteiger partial charge on any atom is -0.290 e. The molecule has 98 valence electrons. The van der Waals surface area contributed by atoms with Crippen molar-refractivity contribution in [1.29, 1.82) is 0 Å².